The molecule has 0 aliphatic heterocycles. The molecular weight excluding hydrogens is 356 g/mol. The van der Waals surface area contributed by atoms with Crippen LogP contribution in [0.15, 0.2) is 21.9 Å². The van der Waals surface area contributed by atoms with Gasteiger partial charge < -0.3 is 0 Å². The van der Waals surface area contributed by atoms with Gasteiger partial charge in [-0.2, -0.15) is 8.42 Å². The molecule has 0 aliphatic rings. The molecule has 114 valence electrons. The van der Waals surface area contributed by atoms with E-state index in [1.54, 1.807) is 4.72 Å². The second-order valence-corrected chi connectivity index (χ2v) is 8.28. The maximum absolute atomic E-state index is 11.4. The molecule has 1 rings (SSSR count). The van der Waals surface area contributed by atoms with Crippen LogP contribution in [0.3, 0.4) is 0 Å². The Bertz CT molecular complexity index is 860. The third-order valence-corrected chi connectivity index (χ3v) is 4.73. The number of primary sulfonamides is 2. The van der Waals surface area contributed by atoms with Crippen molar-refractivity contribution in [3.05, 3.63) is 17.2 Å². The van der Waals surface area contributed by atoms with E-state index in [0.717, 1.165) is 0 Å². The number of benzene rings is 1. The highest BCUT2D eigenvalue weighted by Gasteiger charge is 2.23. The largest absolute Gasteiger partial charge is 0.296 e. The molecule has 0 fully saturated rings. The fourth-order valence-electron chi connectivity index (χ4n) is 1.22. The summed E-state index contributed by atoms with van der Waals surface area (Å²) in [6, 6.07) is 1.24. The van der Waals surface area contributed by atoms with Crippen molar-refractivity contribution in [1.29, 1.82) is 0 Å². The Hall–Kier alpha value is -0.960. The van der Waals surface area contributed by atoms with Crippen molar-refractivity contribution in [3.8, 4) is 0 Å². The summed E-state index contributed by atoms with van der Waals surface area (Å²) in [5.74, 6) is 0. The summed E-state index contributed by atoms with van der Waals surface area (Å²) in [7, 11) is -13.1. The summed E-state index contributed by atoms with van der Waals surface area (Å²) in [5, 5.41) is 13.9. The molecule has 1 aromatic carbocycles. The summed E-state index contributed by atoms with van der Waals surface area (Å²) >= 11 is 5.59. The summed E-state index contributed by atoms with van der Waals surface area (Å²) < 4.78 is 68.6. The number of nitrogens with two attached hydrogens (primary N) is 3. The Morgan fingerprint density at radius 2 is 1.30 bits per heavy atom. The molecule has 0 amide bonds. The zero-order chi connectivity index (χ0) is 15.9. The molecule has 0 saturated carbocycles. The van der Waals surface area contributed by atoms with Gasteiger partial charge in [-0.3, -0.25) is 4.72 Å². The second kappa shape index (κ2) is 5.10. The molecule has 0 heterocycles. The first kappa shape index (κ1) is 17.1. The minimum atomic E-state index is -4.47. The maximum Gasteiger partial charge on any atom is 0.296 e. The van der Waals surface area contributed by atoms with Crippen LogP contribution in [0.25, 0.3) is 0 Å². The average molecular weight is 365 g/mol. The van der Waals surface area contributed by atoms with Crippen molar-refractivity contribution < 1.29 is 25.3 Å². The average Bonchev–Trinajstić information content (AvgIpc) is 2.09. The Kier molecular flexibility index (Phi) is 4.36. The predicted octanol–water partition coefficient (Wildman–Crippen LogP) is -1.75. The zero-order valence-corrected chi connectivity index (χ0v) is 12.6. The summed E-state index contributed by atoms with van der Waals surface area (Å²) in [6.07, 6.45) is 0. The highest BCUT2D eigenvalue weighted by molar-refractivity contribution is 7.91. The monoisotopic (exact) mass is 364 g/mol. The van der Waals surface area contributed by atoms with E-state index in [2.05, 4.69) is 0 Å². The third kappa shape index (κ3) is 4.27. The first-order chi connectivity index (χ1) is 8.72. The topological polar surface area (TPSA) is 193 Å². The Balaban J connectivity index is 3.76. The molecule has 0 aromatic heterocycles. The molecule has 0 spiro atoms. The lowest BCUT2D eigenvalue weighted by Gasteiger charge is -2.11. The first-order valence-corrected chi connectivity index (χ1v) is 9.43. The maximum atomic E-state index is 11.4. The highest BCUT2D eigenvalue weighted by Crippen LogP contribution is 2.30. The van der Waals surface area contributed by atoms with Crippen LogP contribution < -0.4 is 20.1 Å². The van der Waals surface area contributed by atoms with Gasteiger partial charge in [0, 0.05) is 0 Å². The van der Waals surface area contributed by atoms with E-state index < -0.39 is 50.8 Å². The summed E-state index contributed by atoms with van der Waals surface area (Å²) in [5.41, 5.74) is -0.604. The molecule has 0 unspecified atom stereocenters. The molecule has 7 N–H and O–H groups in total. The number of anilines is 1. The SMILES string of the molecule is NS(=O)(=O)Nc1cc(Cl)c(S(N)(=O)=O)cc1S(N)(=O)=O. The first-order valence-electron chi connectivity index (χ1n) is 4.41. The fourth-order valence-corrected chi connectivity index (χ4v) is 3.63. The van der Waals surface area contributed by atoms with E-state index in [1.807, 2.05) is 0 Å². The molecule has 0 bridgehead atoms. The smallest absolute Gasteiger partial charge is 0.270 e. The number of hydrogen-bond donors (Lipinski definition) is 4. The van der Waals surface area contributed by atoms with Gasteiger partial charge in [0.25, 0.3) is 10.2 Å². The molecule has 0 aliphatic carbocycles. The number of rotatable bonds is 4. The third-order valence-electron chi connectivity index (χ3n) is 1.90. The Morgan fingerprint density at radius 3 is 1.65 bits per heavy atom. The lowest BCUT2D eigenvalue weighted by atomic mass is 10.3. The van der Waals surface area contributed by atoms with Crippen LogP contribution in [0.5, 0.6) is 0 Å². The van der Waals surface area contributed by atoms with Gasteiger partial charge in [-0.05, 0) is 12.1 Å². The van der Waals surface area contributed by atoms with Crippen LogP contribution >= 0.6 is 11.6 Å². The number of sulfonamides is 2. The van der Waals surface area contributed by atoms with Crippen molar-refractivity contribution >= 4 is 47.5 Å². The van der Waals surface area contributed by atoms with Crippen LogP contribution in [0.2, 0.25) is 5.02 Å². The van der Waals surface area contributed by atoms with Gasteiger partial charge in [0.1, 0.15) is 9.79 Å². The molecule has 20 heavy (non-hydrogen) atoms. The van der Waals surface area contributed by atoms with Gasteiger partial charge in [-0.1, -0.05) is 11.6 Å². The molecule has 0 radical (unpaired) electrons. The minimum Gasteiger partial charge on any atom is -0.270 e. The van der Waals surface area contributed by atoms with Crippen molar-refractivity contribution in [2.75, 3.05) is 4.72 Å². The van der Waals surface area contributed by atoms with Gasteiger partial charge in [0.15, 0.2) is 0 Å². The minimum absolute atomic E-state index is 0.508. The lowest BCUT2D eigenvalue weighted by Crippen LogP contribution is -2.25. The molecule has 10 nitrogen and oxygen atoms in total. The quantitative estimate of drug-likeness (QED) is 0.489. The molecular formula is C6H9ClN4O6S3. The lowest BCUT2D eigenvalue weighted by molar-refractivity contribution is 0.596. The van der Waals surface area contributed by atoms with Gasteiger partial charge in [-0.25, -0.2) is 32.3 Å². The molecule has 0 saturated heterocycles. The van der Waals surface area contributed by atoms with Gasteiger partial charge in [0.05, 0.1) is 10.7 Å². The van der Waals surface area contributed by atoms with E-state index in [4.69, 9.17) is 27.0 Å². The van der Waals surface area contributed by atoms with Crippen LogP contribution in [0, 0.1) is 0 Å². The predicted molar refractivity (Wildman–Crippen MR) is 70.9 cm³/mol. The van der Waals surface area contributed by atoms with E-state index in [1.165, 1.54) is 0 Å². The summed E-state index contributed by atoms with van der Waals surface area (Å²) in [6.45, 7) is 0. The van der Waals surface area contributed by atoms with Crippen molar-refractivity contribution in [2.45, 2.75) is 9.79 Å². The van der Waals surface area contributed by atoms with E-state index in [-0.39, 0.29) is 0 Å². The normalized spacial score (nSPS) is 13.2. The van der Waals surface area contributed by atoms with Crippen LogP contribution in [-0.4, -0.2) is 25.3 Å². The van der Waals surface area contributed by atoms with E-state index in [0.29, 0.717) is 12.1 Å². The molecule has 0 atom stereocenters. The zero-order valence-electron chi connectivity index (χ0n) is 9.44. The van der Waals surface area contributed by atoms with Gasteiger partial charge in [0.2, 0.25) is 20.0 Å². The second-order valence-electron chi connectivity index (χ2n) is 3.52. The van der Waals surface area contributed by atoms with Crippen LogP contribution in [-0.2, 0) is 30.3 Å². The van der Waals surface area contributed by atoms with Crippen molar-refractivity contribution in [1.82, 2.24) is 0 Å². The van der Waals surface area contributed by atoms with E-state index >= 15 is 0 Å². The number of hydrogen-bond acceptors (Lipinski definition) is 6. The standard InChI is InChI=1S/C6H9ClN4O6S3/c7-3-1-4(11-20(10,16)17)6(19(9,14)15)2-5(3)18(8,12)13/h1-2,11H,(H2,8,12,13)(H2,9,14,15)(H2,10,16,17). The number of halogens is 1. The van der Waals surface area contributed by atoms with Crippen molar-refractivity contribution in [3.63, 3.8) is 0 Å². The molecule has 1 aromatic rings. The Labute approximate surface area is 120 Å². The van der Waals surface area contributed by atoms with E-state index in [9.17, 15) is 25.3 Å². The number of nitrogens with one attached hydrogen (secondary N) is 1. The van der Waals surface area contributed by atoms with Crippen molar-refractivity contribution in [2.24, 2.45) is 15.4 Å². The van der Waals surface area contributed by atoms with Crippen LogP contribution in [0.4, 0.5) is 5.69 Å². The summed E-state index contributed by atoms with van der Waals surface area (Å²) in [4.78, 5) is -1.58. The fraction of sp³-hybridized carbons (Fsp3) is 0. The Morgan fingerprint density at radius 1 is 0.850 bits per heavy atom. The highest BCUT2D eigenvalue weighted by atomic mass is 35.5. The van der Waals surface area contributed by atoms with Crippen LogP contribution in [0.1, 0.15) is 0 Å². The van der Waals surface area contributed by atoms with Gasteiger partial charge >= 0.3 is 0 Å². The van der Waals surface area contributed by atoms with Gasteiger partial charge in [-0.15, -0.1) is 0 Å². The molecule has 14 heteroatoms.